The molecule has 41 heavy (non-hydrogen) atoms. The van der Waals surface area contributed by atoms with Gasteiger partial charge in [-0.15, -0.1) is 0 Å². The van der Waals surface area contributed by atoms with Crippen LogP contribution in [0.2, 0.25) is 5.02 Å². The molecule has 3 aliphatic rings. The van der Waals surface area contributed by atoms with Crippen molar-refractivity contribution in [3.8, 4) is 0 Å². The largest absolute Gasteiger partial charge is 0.459 e. The molecule has 0 heterocycles. The number of halogens is 1. The third kappa shape index (κ3) is 5.43. The summed E-state index contributed by atoms with van der Waals surface area (Å²) in [6, 6.07) is 15.5. The molecule has 2 unspecified atom stereocenters. The van der Waals surface area contributed by atoms with Gasteiger partial charge in [-0.1, -0.05) is 47.6 Å². The quantitative estimate of drug-likeness (QED) is 0.185. The van der Waals surface area contributed by atoms with E-state index in [0.29, 0.717) is 33.4 Å². The number of ether oxygens (including phenoxy) is 2. The Hall–Kier alpha value is -3.13. The fourth-order valence-electron chi connectivity index (χ4n) is 6.67. The van der Waals surface area contributed by atoms with Crippen molar-refractivity contribution < 1.29 is 23.9 Å². The minimum absolute atomic E-state index is 0.00998. The van der Waals surface area contributed by atoms with E-state index >= 15 is 0 Å². The van der Waals surface area contributed by atoms with Crippen LogP contribution in [0.1, 0.15) is 87.6 Å². The lowest BCUT2D eigenvalue weighted by atomic mass is 9.69. The Bertz CT molecular complexity index is 1520. The van der Waals surface area contributed by atoms with Crippen LogP contribution in [0.3, 0.4) is 0 Å². The summed E-state index contributed by atoms with van der Waals surface area (Å²) in [5.41, 5.74) is 7.54. The molecule has 3 aromatic carbocycles. The standard InChI is InChI=1S/C33H32ClNO5S/c1-2-39-21-11-7-19-16-22(12-8-18(19)15-21)40-33(38)26-17-27(41-23-13-9-20(34)10-14-23)28-29(30(26)35)32(37)25-6-4-3-5-24(25)31(28)36/h3-6,9-10,13-14,17-19,21-22H,2,7-8,11-12,15-16,35H2,1H3/t18-,19?,21?,22-/m1/s1. The van der Waals surface area contributed by atoms with Crippen LogP contribution in [0.4, 0.5) is 5.69 Å². The minimum Gasteiger partial charge on any atom is -0.459 e. The van der Waals surface area contributed by atoms with E-state index in [1.807, 2.05) is 19.1 Å². The number of benzene rings is 3. The van der Waals surface area contributed by atoms with Crippen molar-refractivity contribution in [3.63, 3.8) is 0 Å². The topological polar surface area (TPSA) is 95.7 Å². The molecule has 3 aliphatic carbocycles. The molecule has 2 N–H and O–H groups in total. The molecule has 4 atom stereocenters. The molecule has 6 nitrogen and oxygen atoms in total. The van der Waals surface area contributed by atoms with Crippen LogP contribution in [0.25, 0.3) is 0 Å². The van der Waals surface area contributed by atoms with Crippen molar-refractivity contribution in [1.29, 1.82) is 0 Å². The summed E-state index contributed by atoms with van der Waals surface area (Å²) in [6.07, 6.45) is 5.89. The van der Waals surface area contributed by atoms with Crippen LogP contribution >= 0.6 is 23.4 Å². The summed E-state index contributed by atoms with van der Waals surface area (Å²) in [5.74, 6) is -0.124. The summed E-state index contributed by atoms with van der Waals surface area (Å²) in [7, 11) is 0. The van der Waals surface area contributed by atoms with Crippen molar-refractivity contribution in [2.24, 2.45) is 11.8 Å². The van der Waals surface area contributed by atoms with Crippen LogP contribution < -0.4 is 5.73 Å². The van der Waals surface area contributed by atoms with Gasteiger partial charge in [0.2, 0.25) is 0 Å². The number of esters is 1. The molecule has 0 aliphatic heterocycles. The van der Waals surface area contributed by atoms with Gasteiger partial charge >= 0.3 is 5.97 Å². The maximum Gasteiger partial charge on any atom is 0.340 e. The summed E-state index contributed by atoms with van der Waals surface area (Å²) < 4.78 is 11.9. The molecule has 0 aromatic heterocycles. The molecule has 0 amide bonds. The summed E-state index contributed by atoms with van der Waals surface area (Å²) in [4.78, 5) is 42.3. The monoisotopic (exact) mass is 589 g/mol. The second-order valence-corrected chi connectivity index (χ2v) is 12.6. The molecule has 3 aromatic rings. The van der Waals surface area contributed by atoms with Crippen LogP contribution in [-0.4, -0.2) is 36.4 Å². The van der Waals surface area contributed by atoms with Crippen LogP contribution in [0.15, 0.2) is 64.4 Å². The molecule has 0 saturated heterocycles. The summed E-state index contributed by atoms with van der Waals surface area (Å²) in [5, 5.41) is 0.583. The number of carbonyl (C=O) groups excluding carboxylic acids is 3. The number of carbonyl (C=O) groups is 3. The molecule has 6 rings (SSSR count). The average Bonchev–Trinajstić information content (AvgIpc) is 2.98. The zero-order valence-corrected chi connectivity index (χ0v) is 24.4. The van der Waals surface area contributed by atoms with E-state index < -0.39 is 5.97 Å². The highest BCUT2D eigenvalue weighted by Crippen LogP contribution is 2.44. The number of rotatable bonds is 6. The van der Waals surface area contributed by atoms with Gasteiger partial charge in [0.05, 0.1) is 22.9 Å². The van der Waals surface area contributed by atoms with Crippen molar-refractivity contribution in [3.05, 3.63) is 87.4 Å². The molecular weight excluding hydrogens is 558 g/mol. The second kappa shape index (κ2) is 11.6. The number of anilines is 1. The second-order valence-electron chi connectivity index (χ2n) is 11.1. The summed E-state index contributed by atoms with van der Waals surface area (Å²) >= 11 is 7.37. The van der Waals surface area contributed by atoms with Gasteiger partial charge in [0.15, 0.2) is 11.6 Å². The third-order valence-corrected chi connectivity index (χ3v) is 9.96. The van der Waals surface area contributed by atoms with E-state index in [4.69, 9.17) is 26.8 Å². The molecule has 0 radical (unpaired) electrons. The zero-order chi connectivity index (χ0) is 28.7. The molecule has 2 saturated carbocycles. The smallest absolute Gasteiger partial charge is 0.340 e. The maximum absolute atomic E-state index is 13.7. The van der Waals surface area contributed by atoms with Crippen molar-refractivity contribution in [1.82, 2.24) is 0 Å². The van der Waals surface area contributed by atoms with Gasteiger partial charge in [-0.2, -0.15) is 0 Å². The first-order valence-electron chi connectivity index (χ1n) is 14.2. The van der Waals surface area contributed by atoms with Gasteiger partial charge < -0.3 is 15.2 Å². The summed E-state index contributed by atoms with van der Waals surface area (Å²) in [6.45, 7) is 2.78. The third-order valence-electron chi connectivity index (χ3n) is 8.66. The van der Waals surface area contributed by atoms with Crippen LogP contribution in [-0.2, 0) is 9.47 Å². The van der Waals surface area contributed by atoms with Crippen molar-refractivity contribution in [2.75, 3.05) is 12.3 Å². The zero-order valence-electron chi connectivity index (χ0n) is 22.9. The number of hydrogen-bond donors (Lipinski definition) is 1. The fourth-order valence-corrected chi connectivity index (χ4v) is 7.80. The number of hydrogen-bond acceptors (Lipinski definition) is 7. The highest BCUT2D eigenvalue weighted by molar-refractivity contribution is 7.99. The molecule has 0 spiro atoms. The van der Waals surface area contributed by atoms with Gasteiger partial charge in [0, 0.05) is 38.1 Å². The Morgan fingerprint density at radius 3 is 2.17 bits per heavy atom. The normalized spacial score (nSPS) is 23.4. The number of nitrogens with two attached hydrogens (primary N) is 1. The lowest BCUT2D eigenvalue weighted by molar-refractivity contribution is -0.0371. The van der Waals surface area contributed by atoms with Gasteiger partial charge in [-0.3, -0.25) is 9.59 Å². The van der Waals surface area contributed by atoms with Crippen LogP contribution in [0.5, 0.6) is 0 Å². The first kappa shape index (κ1) is 28.0. The lowest BCUT2D eigenvalue weighted by Gasteiger charge is -2.41. The SMILES string of the molecule is CCOC1CCC2C[C@H](OC(=O)c3cc(Sc4ccc(Cl)cc4)c4c(c3N)C(=O)c3ccccc3C4=O)CC[C@@H]2C1. The van der Waals surface area contributed by atoms with Crippen molar-refractivity contribution >= 4 is 46.6 Å². The van der Waals surface area contributed by atoms with E-state index in [-0.39, 0.29) is 45.6 Å². The fraction of sp³-hybridized carbons (Fsp3) is 0.364. The van der Waals surface area contributed by atoms with E-state index in [2.05, 4.69) is 0 Å². The Morgan fingerprint density at radius 2 is 1.51 bits per heavy atom. The van der Waals surface area contributed by atoms with Gasteiger partial charge in [0.1, 0.15) is 6.10 Å². The first-order chi connectivity index (χ1) is 19.8. The van der Waals surface area contributed by atoms with Crippen molar-refractivity contribution in [2.45, 2.75) is 67.4 Å². The molecule has 2 fully saturated rings. The van der Waals surface area contributed by atoms with Crippen LogP contribution in [0, 0.1) is 11.8 Å². The Morgan fingerprint density at radius 1 is 0.902 bits per heavy atom. The highest BCUT2D eigenvalue weighted by atomic mass is 35.5. The average molecular weight is 590 g/mol. The predicted octanol–water partition coefficient (Wildman–Crippen LogP) is 7.38. The van der Waals surface area contributed by atoms with Gasteiger partial charge in [-0.05, 0) is 87.6 Å². The van der Waals surface area contributed by atoms with E-state index in [9.17, 15) is 14.4 Å². The first-order valence-corrected chi connectivity index (χ1v) is 15.4. The molecular formula is C33H32ClNO5S. The minimum atomic E-state index is -0.561. The Labute approximate surface area is 248 Å². The maximum atomic E-state index is 13.7. The molecule has 0 bridgehead atoms. The highest BCUT2D eigenvalue weighted by Gasteiger charge is 2.39. The van der Waals surface area contributed by atoms with Gasteiger partial charge in [-0.25, -0.2) is 4.79 Å². The predicted molar refractivity (Wildman–Crippen MR) is 159 cm³/mol. The van der Waals surface area contributed by atoms with E-state index in [1.54, 1.807) is 42.5 Å². The molecule has 8 heteroatoms. The van der Waals surface area contributed by atoms with Gasteiger partial charge in [0.25, 0.3) is 0 Å². The molecule has 212 valence electrons. The number of nitrogen functional groups attached to an aromatic ring is 1. The van der Waals surface area contributed by atoms with E-state index in [1.165, 1.54) is 11.8 Å². The Balaban J connectivity index is 1.31. The number of ketones is 2. The van der Waals surface area contributed by atoms with E-state index in [0.717, 1.165) is 50.0 Å². The lowest BCUT2D eigenvalue weighted by Crippen LogP contribution is -2.37. The number of fused-ring (bicyclic) bond motifs is 3. The Kier molecular flexibility index (Phi) is 7.94.